The van der Waals surface area contributed by atoms with Gasteiger partial charge < -0.3 is 14.8 Å². The fourth-order valence-electron chi connectivity index (χ4n) is 1.26. The van der Waals surface area contributed by atoms with Crippen LogP contribution in [0.3, 0.4) is 0 Å². The van der Waals surface area contributed by atoms with Gasteiger partial charge in [0.1, 0.15) is 11.9 Å². The molecule has 1 heterocycles. The van der Waals surface area contributed by atoms with Gasteiger partial charge in [-0.25, -0.2) is 0 Å². The number of hydrogen-bond acceptors (Lipinski definition) is 3. The molecule has 3 nitrogen and oxygen atoms in total. The summed E-state index contributed by atoms with van der Waals surface area (Å²) in [5.74, 6) is 1.91. The van der Waals surface area contributed by atoms with Crippen LogP contribution in [0.4, 0.5) is 0 Å². The van der Waals surface area contributed by atoms with Crippen molar-refractivity contribution in [2.24, 2.45) is 11.8 Å². The van der Waals surface area contributed by atoms with Crippen LogP contribution in [-0.4, -0.2) is 18.2 Å². The van der Waals surface area contributed by atoms with E-state index in [-0.39, 0.29) is 0 Å². The zero-order chi connectivity index (χ0) is 11.3. The zero-order valence-electron chi connectivity index (χ0n) is 9.73. The van der Waals surface area contributed by atoms with Gasteiger partial charge in [-0.3, -0.25) is 0 Å². The largest absolute Gasteiger partial charge is 0.467 e. The van der Waals surface area contributed by atoms with Crippen LogP contribution in [0.2, 0.25) is 0 Å². The second kappa shape index (κ2) is 5.93. The molecule has 0 spiro atoms. The Morgan fingerprint density at radius 2 is 2.07 bits per heavy atom. The SMILES string of the molecule is CC(C)C(C)CNCC(O)c1ccco1. The fourth-order valence-corrected chi connectivity index (χ4v) is 1.26. The summed E-state index contributed by atoms with van der Waals surface area (Å²) in [7, 11) is 0. The van der Waals surface area contributed by atoms with E-state index in [1.807, 2.05) is 0 Å². The Kier molecular flexibility index (Phi) is 4.85. The lowest BCUT2D eigenvalue weighted by molar-refractivity contribution is 0.145. The summed E-state index contributed by atoms with van der Waals surface area (Å²) in [6.45, 7) is 8.08. The summed E-state index contributed by atoms with van der Waals surface area (Å²) in [5, 5.41) is 12.9. The maximum Gasteiger partial charge on any atom is 0.133 e. The third kappa shape index (κ3) is 4.06. The molecule has 1 aromatic rings. The van der Waals surface area contributed by atoms with Gasteiger partial charge in [0, 0.05) is 6.54 Å². The number of aliphatic hydroxyl groups excluding tert-OH is 1. The molecule has 0 aliphatic heterocycles. The average molecular weight is 211 g/mol. The van der Waals surface area contributed by atoms with Crippen LogP contribution in [-0.2, 0) is 0 Å². The molecule has 0 saturated carbocycles. The van der Waals surface area contributed by atoms with E-state index in [0.29, 0.717) is 24.1 Å². The highest BCUT2D eigenvalue weighted by Crippen LogP contribution is 2.12. The van der Waals surface area contributed by atoms with E-state index in [1.54, 1.807) is 18.4 Å². The highest BCUT2D eigenvalue weighted by molar-refractivity contribution is 5.02. The second-order valence-electron chi connectivity index (χ2n) is 4.41. The summed E-state index contributed by atoms with van der Waals surface area (Å²) in [4.78, 5) is 0. The van der Waals surface area contributed by atoms with Crippen molar-refractivity contribution in [2.75, 3.05) is 13.1 Å². The maximum absolute atomic E-state index is 9.70. The molecule has 1 aromatic heterocycles. The first-order valence-electron chi connectivity index (χ1n) is 5.53. The molecule has 2 atom stereocenters. The van der Waals surface area contributed by atoms with Gasteiger partial charge in [-0.05, 0) is 30.5 Å². The molecule has 2 unspecified atom stereocenters. The van der Waals surface area contributed by atoms with E-state index >= 15 is 0 Å². The highest BCUT2D eigenvalue weighted by atomic mass is 16.4. The molecular formula is C12H21NO2. The minimum Gasteiger partial charge on any atom is -0.467 e. The van der Waals surface area contributed by atoms with Crippen molar-refractivity contribution in [3.63, 3.8) is 0 Å². The first-order chi connectivity index (χ1) is 7.11. The minimum atomic E-state index is -0.542. The average Bonchev–Trinajstić information content (AvgIpc) is 2.70. The molecule has 3 heteroatoms. The second-order valence-corrected chi connectivity index (χ2v) is 4.41. The van der Waals surface area contributed by atoms with Gasteiger partial charge in [0.05, 0.1) is 6.26 Å². The third-order valence-electron chi connectivity index (χ3n) is 2.81. The Bertz CT molecular complexity index is 257. The summed E-state index contributed by atoms with van der Waals surface area (Å²) in [6.07, 6.45) is 1.04. The molecule has 0 fully saturated rings. The van der Waals surface area contributed by atoms with E-state index < -0.39 is 6.10 Å². The Hall–Kier alpha value is -0.800. The monoisotopic (exact) mass is 211 g/mol. The Labute approximate surface area is 91.5 Å². The smallest absolute Gasteiger partial charge is 0.133 e. The van der Waals surface area contributed by atoms with Gasteiger partial charge in [-0.2, -0.15) is 0 Å². The zero-order valence-corrected chi connectivity index (χ0v) is 9.73. The van der Waals surface area contributed by atoms with Crippen LogP contribution in [0.5, 0.6) is 0 Å². The number of nitrogens with one attached hydrogen (secondary N) is 1. The number of aliphatic hydroxyl groups is 1. The summed E-state index contributed by atoms with van der Waals surface area (Å²) in [5.41, 5.74) is 0. The van der Waals surface area contributed by atoms with Crippen LogP contribution in [0, 0.1) is 11.8 Å². The molecule has 0 saturated heterocycles. The normalized spacial score (nSPS) is 15.5. The molecule has 0 aliphatic carbocycles. The molecule has 1 rings (SSSR count). The van der Waals surface area contributed by atoms with Gasteiger partial charge >= 0.3 is 0 Å². The number of rotatable bonds is 6. The van der Waals surface area contributed by atoms with Crippen molar-refractivity contribution in [1.29, 1.82) is 0 Å². The molecule has 15 heavy (non-hydrogen) atoms. The highest BCUT2D eigenvalue weighted by Gasteiger charge is 2.11. The van der Waals surface area contributed by atoms with E-state index in [2.05, 4.69) is 26.1 Å². The summed E-state index contributed by atoms with van der Waals surface area (Å²) >= 11 is 0. The van der Waals surface area contributed by atoms with Crippen molar-refractivity contribution in [3.05, 3.63) is 24.2 Å². The molecular weight excluding hydrogens is 190 g/mol. The van der Waals surface area contributed by atoms with Gasteiger partial charge in [0.25, 0.3) is 0 Å². The number of hydrogen-bond donors (Lipinski definition) is 2. The molecule has 0 aromatic carbocycles. The molecule has 2 N–H and O–H groups in total. The van der Waals surface area contributed by atoms with Gasteiger partial charge in [-0.1, -0.05) is 20.8 Å². The van der Waals surface area contributed by atoms with Crippen LogP contribution in [0.15, 0.2) is 22.8 Å². The molecule has 86 valence electrons. The van der Waals surface area contributed by atoms with Gasteiger partial charge in [-0.15, -0.1) is 0 Å². The van der Waals surface area contributed by atoms with Crippen molar-refractivity contribution < 1.29 is 9.52 Å². The van der Waals surface area contributed by atoms with E-state index in [4.69, 9.17) is 4.42 Å². The van der Waals surface area contributed by atoms with Gasteiger partial charge in [0.15, 0.2) is 0 Å². The van der Waals surface area contributed by atoms with E-state index in [0.717, 1.165) is 6.54 Å². The van der Waals surface area contributed by atoms with E-state index in [1.165, 1.54) is 0 Å². The first-order valence-corrected chi connectivity index (χ1v) is 5.53. The van der Waals surface area contributed by atoms with Crippen molar-refractivity contribution in [1.82, 2.24) is 5.32 Å². The predicted molar refractivity (Wildman–Crippen MR) is 60.5 cm³/mol. The fraction of sp³-hybridized carbons (Fsp3) is 0.667. The Balaban J connectivity index is 2.21. The van der Waals surface area contributed by atoms with Crippen molar-refractivity contribution >= 4 is 0 Å². The first kappa shape index (κ1) is 12.3. The van der Waals surface area contributed by atoms with Crippen molar-refractivity contribution in [2.45, 2.75) is 26.9 Å². The molecule has 0 bridgehead atoms. The standard InChI is InChI=1S/C12H21NO2/c1-9(2)10(3)7-13-8-11(14)12-5-4-6-15-12/h4-6,9-11,13-14H,7-8H2,1-3H3. The van der Waals surface area contributed by atoms with Crippen LogP contribution < -0.4 is 5.32 Å². The lowest BCUT2D eigenvalue weighted by Gasteiger charge is -2.17. The maximum atomic E-state index is 9.70. The van der Waals surface area contributed by atoms with Crippen LogP contribution in [0.25, 0.3) is 0 Å². The summed E-state index contributed by atoms with van der Waals surface area (Å²) < 4.78 is 5.11. The predicted octanol–water partition coefficient (Wildman–Crippen LogP) is 2.19. The topological polar surface area (TPSA) is 45.4 Å². The van der Waals surface area contributed by atoms with Crippen LogP contribution >= 0.6 is 0 Å². The third-order valence-corrected chi connectivity index (χ3v) is 2.81. The molecule has 0 radical (unpaired) electrons. The molecule has 0 aliphatic rings. The number of furan rings is 1. The van der Waals surface area contributed by atoms with Gasteiger partial charge in [0.2, 0.25) is 0 Å². The Morgan fingerprint density at radius 1 is 1.33 bits per heavy atom. The van der Waals surface area contributed by atoms with Crippen molar-refractivity contribution in [3.8, 4) is 0 Å². The lowest BCUT2D eigenvalue weighted by atomic mass is 9.98. The van der Waals surface area contributed by atoms with E-state index in [9.17, 15) is 5.11 Å². The minimum absolute atomic E-state index is 0.542. The van der Waals surface area contributed by atoms with Crippen LogP contribution in [0.1, 0.15) is 32.6 Å². The quantitative estimate of drug-likeness (QED) is 0.758. The molecule has 0 amide bonds. The lowest BCUT2D eigenvalue weighted by Crippen LogP contribution is -2.28. The summed E-state index contributed by atoms with van der Waals surface area (Å²) in [6, 6.07) is 3.58. The Morgan fingerprint density at radius 3 is 2.60 bits per heavy atom.